The predicted molar refractivity (Wildman–Crippen MR) is 109 cm³/mol. The number of benzene rings is 2. The highest BCUT2D eigenvalue weighted by molar-refractivity contribution is 7.18. The van der Waals surface area contributed by atoms with Crippen molar-refractivity contribution in [2.24, 2.45) is 0 Å². The van der Waals surface area contributed by atoms with Gasteiger partial charge in [-0.15, -0.1) is 11.3 Å². The van der Waals surface area contributed by atoms with Crippen LogP contribution >= 0.6 is 11.3 Å². The van der Waals surface area contributed by atoms with Crippen LogP contribution in [0.15, 0.2) is 54.6 Å². The molecule has 0 unspecified atom stereocenters. The highest BCUT2D eigenvalue weighted by atomic mass is 32.1. The molecule has 0 spiro atoms. The van der Waals surface area contributed by atoms with Gasteiger partial charge in [0.25, 0.3) is 0 Å². The number of anilines is 1. The van der Waals surface area contributed by atoms with E-state index < -0.39 is 0 Å². The number of hydrogen-bond donors (Lipinski definition) is 1. The second kappa shape index (κ2) is 6.77. The minimum Gasteiger partial charge on any atom is -0.496 e. The maximum absolute atomic E-state index is 5.46. The molecule has 0 amide bonds. The number of fused-ring (bicyclic) bond motifs is 1. The average Bonchev–Trinajstić information content (AvgIpc) is 3.17. The van der Waals surface area contributed by atoms with Crippen LogP contribution in [-0.4, -0.2) is 24.1 Å². The topological polar surface area (TPSA) is 47.0 Å². The van der Waals surface area contributed by atoms with E-state index >= 15 is 0 Å². The summed E-state index contributed by atoms with van der Waals surface area (Å²) in [5.41, 5.74) is 4.10. The van der Waals surface area contributed by atoms with Gasteiger partial charge in [-0.2, -0.15) is 0 Å². The Bertz CT molecular complexity index is 1070. The highest BCUT2D eigenvalue weighted by Crippen LogP contribution is 2.38. The zero-order valence-electron chi connectivity index (χ0n) is 14.9. The lowest BCUT2D eigenvalue weighted by Crippen LogP contribution is -1.99. The van der Waals surface area contributed by atoms with E-state index in [9.17, 15) is 0 Å². The number of ether oxygens (including phenoxy) is 1. The Hall–Kier alpha value is -2.92. The Balaban J connectivity index is 1.90. The first kappa shape index (κ1) is 16.5. The van der Waals surface area contributed by atoms with Crippen molar-refractivity contribution >= 4 is 28.2 Å². The summed E-state index contributed by atoms with van der Waals surface area (Å²) in [6, 6.07) is 18.8. The summed E-state index contributed by atoms with van der Waals surface area (Å²) in [5.74, 6) is 1.44. The molecule has 0 aliphatic heterocycles. The normalized spacial score (nSPS) is 10.9. The third kappa shape index (κ3) is 2.91. The van der Waals surface area contributed by atoms with Gasteiger partial charge in [0.1, 0.15) is 5.75 Å². The van der Waals surface area contributed by atoms with E-state index in [1.807, 2.05) is 26.1 Å². The summed E-state index contributed by atoms with van der Waals surface area (Å²) in [4.78, 5) is 11.7. The molecular formula is C21H19N3OS. The van der Waals surface area contributed by atoms with E-state index in [0.29, 0.717) is 5.95 Å². The molecule has 26 heavy (non-hydrogen) atoms. The maximum Gasteiger partial charge on any atom is 0.223 e. The lowest BCUT2D eigenvalue weighted by Gasteiger charge is -2.10. The number of nitrogens with zero attached hydrogens (tertiary/aromatic N) is 2. The van der Waals surface area contributed by atoms with Gasteiger partial charge in [0.15, 0.2) is 0 Å². The third-order valence-corrected chi connectivity index (χ3v) is 5.47. The molecule has 2 aromatic heterocycles. The molecule has 0 aliphatic rings. The fraction of sp³-hybridized carbons (Fsp3) is 0.143. The van der Waals surface area contributed by atoms with Crippen LogP contribution in [0.3, 0.4) is 0 Å². The molecule has 0 aliphatic carbocycles. The van der Waals surface area contributed by atoms with Crippen LogP contribution in [-0.2, 0) is 0 Å². The van der Waals surface area contributed by atoms with Gasteiger partial charge in [-0.3, -0.25) is 0 Å². The van der Waals surface area contributed by atoms with Crippen molar-refractivity contribution in [3.63, 3.8) is 0 Å². The monoisotopic (exact) mass is 361 g/mol. The lowest BCUT2D eigenvalue weighted by molar-refractivity contribution is 0.412. The SMILES string of the molecule is CNc1nc(-c2ccc(-c3ccccc3)s2)c2cc(C)c(OC)cc2n1. The van der Waals surface area contributed by atoms with E-state index in [-0.39, 0.29) is 0 Å². The molecule has 1 N–H and O–H groups in total. The van der Waals surface area contributed by atoms with Crippen molar-refractivity contribution in [3.05, 3.63) is 60.2 Å². The van der Waals surface area contributed by atoms with Crippen LogP contribution < -0.4 is 10.1 Å². The van der Waals surface area contributed by atoms with Gasteiger partial charge >= 0.3 is 0 Å². The molecule has 4 aromatic rings. The van der Waals surface area contributed by atoms with Crippen LogP contribution in [0.5, 0.6) is 5.75 Å². The van der Waals surface area contributed by atoms with Gasteiger partial charge in [0, 0.05) is 23.4 Å². The van der Waals surface area contributed by atoms with Crippen LogP contribution in [0, 0.1) is 6.92 Å². The minimum absolute atomic E-state index is 0.605. The van der Waals surface area contributed by atoms with E-state index in [4.69, 9.17) is 9.72 Å². The molecule has 0 radical (unpaired) electrons. The number of thiophene rings is 1. The van der Waals surface area contributed by atoms with Crippen molar-refractivity contribution in [3.8, 4) is 26.8 Å². The minimum atomic E-state index is 0.605. The average molecular weight is 361 g/mol. The quantitative estimate of drug-likeness (QED) is 0.530. The molecule has 0 saturated heterocycles. The summed E-state index contributed by atoms with van der Waals surface area (Å²) in [7, 11) is 3.51. The largest absolute Gasteiger partial charge is 0.496 e. The predicted octanol–water partition coefficient (Wildman–Crippen LogP) is 5.38. The van der Waals surface area contributed by atoms with Crippen molar-refractivity contribution in [2.75, 3.05) is 19.5 Å². The van der Waals surface area contributed by atoms with Crippen molar-refractivity contribution < 1.29 is 4.74 Å². The molecule has 2 heterocycles. The zero-order chi connectivity index (χ0) is 18.1. The molecule has 5 heteroatoms. The van der Waals surface area contributed by atoms with Crippen LogP contribution in [0.2, 0.25) is 0 Å². The van der Waals surface area contributed by atoms with Gasteiger partial charge in [-0.1, -0.05) is 30.3 Å². The smallest absolute Gasteiger partial charge is 0.223 e. The summed E-state index contributed by atoms with van der Waals surface area (Å²) in [6.07, 6.45) is 0. The third-order valence-electron chi connectivity index (χ3n) is 4.33. The summed E-state index contributed by atoms with van der Waals surface area (Å²) >= 11 is 1.74. The molecule has 4 nitrogen and oxygen atoms in total. The van der Waals surface area contributed by atoms with E-state index in [0.717, 1.165) is 32.8 Å². The van der Waals surface area contributed by atoms with Gasteiger partial charge in [-0.05, 0) is 36.2 Å². The Kier molecular flexibility index (Phi) is 4.31. The molecule has 0 atom stereocenters. The Labute approximate surface area is 156 Å². The summed E-state index contributed by atoms with van der Waals surface area (Å²) < 4.78 is 5.46. The lowest BCUT2D eigenvalue weighted by atomic mass is 10.1. The second-order valence-electron chi connectivity index (χ2n) is 6.01. The number of rotatable bonds is 4. The fourth-order valence-electron chi connectivity index (χ4n) is 3.01. The number of aryl methyl sites for hydroxylation is 1. The molecule has 0 bridgehead atoms. The van der Waals surface area contributed by atoms with Gasteiger partial charge in [0.2, 0.25) is 5.95 Å². The van der Waals surface area contributed by atoms with E-state index in [1.165, 1.54) is 10.4 Å². The molecule has 4 rings (SSSR count). The number of aromatic nitrogens is 2. The number of hydrogen-bond acceptors (Lipinski definition) is 5. The van der Waals surface area contributed by atoms with E-state index in [1.54, 1.807) is 18.4 Å². The van der Waals surface area contributed by atoms with Gasteiger partial charge in [0.05, 0.1) is 23.2 Å². The Morgan fingerprint density at radius 3 is 2.46 bits per heavy atom. The van der Waals surface area contributed by atoms with Crippen LogP contribution in [0.1, 0.15) is 5.56 Å². The molecule has 0 saturated carbocycles. The first-order valence-corrected chi connectivity index (χ1v) is 9.21. The standard InChI is InChI=1S/C21H19N3OS/c1-13-11-15-16(12-17(13)25-3)23-21(22-2)24-20(15)19-10-9-18(26-19)14-7-5-4-6-8-14/h4-12H,1-3H3,(H,22,23,24). The second-order valence-corrected chi connectivity index (χ2v) is 7.10. The van der Waals surface area contributed by atoms with Crippen molar-refractivity contribution in [1.82, 2.24) is 9.97 Å². The molecule has 130 valence electrons. The number of nitrogens with one attached hydrogen (secondary N) is 1. The molecule has 0 fully saturated rings. The van der Waals surface area contributed by atoms with E-state index in [2.05, 4.69) is 52.8 Å². The molecule has 2 aromatic carbocycles. The zero-order valence-corrected chi connectivity index (χ0v) is 15.7. The number of methoxy groups -OCH3 is 1. The van der Waals surface area contributed by atoms with Crippen molar-refractivity contribution in [1.29, 1.82) is 0 Å². The Morgan fingerprint density at radius 1 is 0.962 bits per heavy atom. The fourth-order valence-corrected chi connectivity index (χ4v) is 4.02. The maximum atomic E-state index is 5.46. The van der Waals surface area contributed by atoms with Crippen molar-refractivity contribution in [2.45, 2.75) is 6.92 Å². The Morgan fingerprint density at radius 2 is 1.73 bits per heavy atom. The first-order valence-electron chi connectivity index (χ1n) is 8.39. The first-order chi connectivity index (χ1) is 12.7. The summed E-state index contributed by atoms with van der Waals surface area (Å²) in [5, 5.41) is 4.09. The summed E-state index contributed by atoms with van der Waals surface area (Å²) in [6.45, 7) is 2.04. The van der Waals surface area contributed by atoms with Crippen LogP contribution in [0.25, 0.3) is 31.9 Å². The van der Waals surface area contributed by atoms with Crippen LogP contribution in [0.4, 0.5) is 5.95 Å². The van der Waals surface area contributed by atoms with Gasteiger partial charge < -0.3 is 10.1 Å². The molecular weight excluding hydrogens is 342 g/mol. The van der Waals surface area contributed by atoms with Gasteiger partial charge in [-0.25, -0.2) is 9.97 Å². The highest BCUT2D eigenvalue weighted by Gasteiger charge is 2.14.